The Morgan fingerprint density at radius 3 is 2.73 bits per heavy atom. The van der Waals surface area contributed by atoms with Gasteiger partial charge in [-0.1, -0.05) is 18.2 Å². The van der Waals surface area contributed by atoms with Crippen molar-refractivity contribution < 1.29 is 4.90 Å². The third-order valence-electron chi connectivity index (χ3n) is 6.63. The molecule has 3 aromatic heterocycles. The minimum absolute atomic E-state index is 0.927. The number of hydrogen-bond donors (Lipinski definition) is 1. The van der Waals surface area contributed by atoms with Gasteiger partial charge in [-0.05, 0) is 43.4 Å². The van der Waals surface area contributed by atoms with E-state index in [4.69, 9.17) is 10.1 Å². The average molecular weight is 420 g/mol. The molecule has 0 bridgehead atoms. The van der Waals surface area contributed by atoms with Crippen molar-refractivity contribution in [2.75, 3.05) is 37.6 Å². The molecule has 4 heterocycles. The Hall–Kier alpha value is -2.51. The van der Waals surface area contributed by atoms with E-state index in [1.807, 2.05) is 22.2 Å². The lowest BCUT2D eigenvalue weighted by Gasteiger charge is -2.33. The highest BCUT2D eigenvalue weighted by atomic mass is 32.1. The molecule has 1 aliphatic carbocycles. The smallest absolute Gasteiger partial charge is 0.167 e. The first-order valence-corrected chi connectivity index (χ1v) is 11.9. The summed E-state index contributed by atoms with van der Waals surface area (Å²) in [6.45, 7) is 5.67. The third kappa shape index (κ3) is 3.26. The summed E-state index contributed by atoms with van der Waals surface area (Å²) in [5.74, 6) is 0.957. The molecule has 0 atom stereocenters. The molecule has 0 spiro atoms. The molecular weight excluding hydrogens is 392 g/mol. The summed E-state index contributed by atoms with van der Waals surface area (Å²) in [5, 5.41) is 6.03. The predicted molar refractivity (Wildman–Crippen MR) is 121 cm³/mol. The summed E-state index contributed by atoms with van der Waals surface area (Å²) in [5.41, 5.74) is 3.84. The lowest BCUT2D eigenvalue weighted by atomic mass is 9.97. The Morgan fingerprint density at radius 1 is 1.03 bits per heavy atom. The first-order chi connectivity index (χ1) is 14.8. The van der Waals surface area contributed by atoms with E-state index in [9.17, 15) is 0 Å². The summed E-state index contributed by atoms with van der Waals surface area (Å²) in [6, 6.07) is 10.8. The zero-order valence-corrected chi connectivity index (χ0v) is 18.0. The SMILES string of the molecule is c1ccc(N2CC[NH+](CCc3nc4c5c6c(sc5ncn4n3)CCCC6)CC2)cc1. The van der Waals surface area contributed by atoms with Gasteiger partial charge in [0, 0.05) is 10.6 Å². The van der Waals surface area contributed by atoms with Gasteiger partial charge in [0.25, 0.3) is 0 Å². The number of benzene rings is 1. The van der Waals surface area contributed by atoms with Crippen LogP contribution in [0.3, 0.4) is 0 Å². The molecule has 0 saturated carbocycles. The van der Waals surface area contributed by atoms with Crippen molar-refractivity contribution in [2.24, 2.45) is 0 Å². The molecule has 6 rings (SSSR count). The molecule has 30 heavy (non-hydrogen) atoms. The van der Waals surface area contributed by atoms with Crippen molar-refractivity contribution in [3.8, 4) is 0 Å². The van der Waals surface area contributed by atoms with Crippen LogP contribution in [0.1, 0.15) is 29.1 Å². The Morgan fingerprint density at radius 2 is 1.87 bits per heavy atom. The van der Waals surface area contributed by atoms with Gasteiger partial charge in [0.1, 0.15) is 11.2 Å². The van der Waals surface area contributed by atoms with Gasteiger partial charge in [0.2, 0.25) is 0 Å². The highest BCUT2D eigenvalue weighted by Crippen LogP contribution is 2.36. The number of thiophene rings is 1. The molecule has 154 valence electrons. The summed E-state index contributed by atoms with van der Waals surface area (Å²) >= 11 is 1.86. The first-order valence-electron chi connectivity index (χ1n) is 11.1. The standard InChI is InChI=1S/C23H26N6S/c1-2-6-17(7-3-1)28-14-12-27(13-15-28)11-10-20-25-22-21-18-8-4-5-9-19(18)30-23(21)24-16-29(22)26-20/h1-3,6-7,16H,4-5,8-15H2/p+1. The molecule has 1 aromatic carbocycles. The van der Waals surface area contributed by atoms with Crippen LogP contribution in [0.4, 0.5) is 5.69 Å². The molecule has 1 fully saturated rings. The zero-order chi connectivity index (χ0) is 19.9. The Labute approximate surface area is 180 Å². The minimum atomic E-state index is 0.927. The fourth-order valence-electron chi connectivity index (χ4n) is 4.96. The quantitative estimate of drug-likeness (QED) is 0.551. The van der Waals surface area contributed by atoms with Crippen LogP contribution >= 0.6 is 11.3 Å². The van der Waals surface area contributed by atoms with E-state index in [2.05, 4.69) is 40.2 Å². The second-order valence-corrected chi connectivity index (χ2v) is 9.59. The minimum Gasteiger partial charge on any atom is -0.360 e. The van der Waals surface area contributed by atoms with E-state index in [1.54, 1.807) is 4.90 Å². The lowest BCUT2D eigenvalue weighted by Crippen LogP contribution is -3.15. The highest BCUT2D eigenvalue weighted by Gasteiger charge is 2.22. The van der Waals surface area contributed by atoms with Gasteiger partial charge < -0.3 is 9.80 Å². The maximum absolute atomic E-state index is 4.96. The van der Waals surface area contributed by atoms with Crippen molar-refractivity contribution in [2.45, 2.75) is 32.1 Å². The fourth-order valence-corrected chi connectivity index (χ4v) is 6.19. The normalized spacial score (nSPS) is 17.7. The maximum Gasteiger partial charge on any atom is 0.167 e. The summed E-state index contributed by atoms with van der Waals surface area (Å²) in [4.78, 5) is 16.4. The molecule has 0 unspecified atom stereocenters. The summed E-state index contributed by atoms with van der Waals surface area (Å²) in [7, 11) is 0. The Bertz CT molecular complexity index is 1170. The van der Waals surface area contributed by atoms with Crippen LogP contribution in [0.15, 0.2) is 36.7 Å². The number of para-hydroxylation sites is 1. The number of fused-ring (bicyclic) bond motifs is 5. The topological polar surface area (TPSA) is 50.8 Å². The van der Waals surface area contributed by atoms with Gasteiger partial charge in [-0.15, -0.1) is 16.4 Å². The van der Waals surface area contributed by atoms with E-state index in [0.717, 1.165) is 48.8 Å². The van der Waals surface area contributed by atoms with E-state index >= 15 is 0 Å². The van der Waals surface area contributed by atoms with Crippen molar-refractivity contribution in [1.82, 2.24) is 19.6 Å². The number of aromatic nitrogens is 4. The van der Waals surface area contributed by atoms with Crippen LogP contribution in [0.5, 0.6) is 0 Å². The van der Waals surface area contributed by atoms with Crippen molar-refractivity contribution >= 4 is 32.9 Å². The molecule has 1 aliphatic heterocycles. The van der Waals surface area contributed by atoms with Gasteiger partial charge in [-0.3, -0.25) is 0 Å². The number of nitrogens with one attached hydrogen (secondary N) is 1. The monoisotopic (exact) mass is 419 g/mol. The Kier molecular flexibility index (Phi) is 4.65. The molecule has 0 amide bonds. The second kappa shape index (κ2) is 7.63. The molecule has 1 saturated heterocycles. The molecule has 2 aliphatic rings. The number of quaternary nitrogens is 1. The van der Waals surface area contributed by atoms with Gasteiger partial charge in [0.05, 0.1) is 44.5 Å². The van der Waals surface area contributed by atoms with Crippen molar-refractivity contribution in [1.29, 1.82) is 0 Å². The van der Waals surface area contributed by atoms with Crippen molar-refractivity contribution in [3.05, 3.63) is 52.9 Å². The number of rotatable bonds is 4. The number of anilines is 1. The lowest BCUT2D eigenvalue weighted by molar-refractivity contribution is -0.900. The van der Waals surface area contributed by atoms with Crippen LogP contribution in [0, 0.1) is 0 Å². The summed E-state index contributed by atoms with van der Waals surface area (Å²) < 4.78 is 1.90. The van der Waals surface area contributed by atoms with Crippen LogP contribution in [0.25, 0.3) is 15.9 Å². The number of nitrogens with zero attached hydrogens (tertiary/aromatic N) is 5. The first kappa shape index (κ1) is 18.3. The number of aryl methyl sites for hydroxylation is 2. The van der Waals surface area contributed by atoms with E-state index < -0.39 is 0 Å². The largest absolute Gasteiger partial charge is 0.360 e. The van der Waals surface area contributed by atoms with E-state index in [1.165, 1.54) is 53.9 Å². The highest BCUT2D eigenvalue weighted by molar-refractivity contribution is 7.19. The van der Waals surface area contributed by atoms with Gasteiger partial charge in [0.15, 0.2) is 11.5 Å². The fraction of sp³-hybridized carbons (Fsp3) is 0.435. The van der Waals surface area contributed by atoms with Gasteiger partial charge in [-0.2, -0.15) is 0 Å². The molecule has 6 nitrogen and oxygen atoms in total. The van der Waals surface area contributed by atoms with Crippen LogP contribution in [-0.2, 0) is 19.3 Å². The Balaban J connectivity index is 1.16. The molecular formula is C23H27N6S+. The molecule has 0 radical (unpaired) electrons. The maximum atomic E-state index is 4.96. The summed E-state index contributed by atoms with van der Waals surface area (Å²) in [6.07, 6.45) is 7.71. The van der Waals surface area contributed by atoms with Crippen LogP contribution in [-0.4, -0.2) is 52.3 Å². The van der Waals surface area contributed by atoms with E-state index in [-0.39, 0.29) is 0 Å². The molecule has 4 aromatic rings. The molecule has 1 N–H and O–H groups in total. The van der Waals surface area contributed by atoms with E-state index in [0.29, 0.717) is 0 Å². The second-order valence-electron chi connectivity index (χ2n) is 8.50. The average Bonchev–Trinajstić information content (AvgIpc) is 3.39. The zero-order valence-electron chi connectivity index (χ0n) is 17.2. The molecule has 7 heteroatoms. The van der Waals surface area contributed by atoms with Crippen LogP contribution in [0.2, 0.25) is 0 Å². The number of hydrogen-bond acceptors (Lipinski definition) is 5. The van der Waals surface area contributed by atoms with Gasteiger partial charge >= 0.3 is 0 Å². The third-order valence-corrected chi connectivity index (χ3v) is 7.83. The van der Waals surface area contributed by atoms with Crippen molar-refractivity contribution in [3.63, 3.8) is 0 Å². The number of piperazine rings is 1. The van der Waals surface area contributed by atoms with Gasteiger partial charge in [-0.25, -0.2) is 14.5 Å². The van der Waals surface area contributed by atoms with Crippen LogP contribution < -0.4 is 9.80 Å². The predicted octanol–water partition coefficient (Wildman–Crippen LogP) is 2.17.